The Morgan fingerprint density at radius 3 is 2.53 bits per heavy atom. The number of nitrogens with zero attached hydrogens (tertiary/aromatic N) is 2. The number of aromatic nitrogens is 2. The molecule has 3 aromatic carbocycles. The van der Waals surface area contributed by atoms with Gasteiger partial charge in [0.25, 0.3) is 5.56 Å². The highest BCUT2D eigenvalue weighted by Gasteiger charge is 2.19. The molecule has 0 saturated heterocycles. The first kappa shape index (κ1) is 26.9. The van der Waals surface area contributed by atoms with Crippen LogP contribution in [0.3, 0.4) is 0 Å². The fourth-order valence-electron chi connectivity index (χ4n) is 4.27. The SMILES string of the molecule is CCOC(Cc1ccc(OCCc2nc3ccccc3c(=O)n2C)cc1)C(=O)NCCc1ccccc1O. The van der Waals surface area contributed by atoms with E-state index in [1.165, 1.54) is 0 Å². The predicted molar refractivity (Wildman–Crippen MR) is 147 cm³/mol. The third-order valence-electron chi connectivity index (χ3n) is 6.36. The Bertz CT molecular complexity index is 1430. The van der Waals surface area contributed by atoms with Crippen LogP contribution in [-0.2, 0) is 35.8 Å². The molecular formula is C30H33N3O5. The van der Waals surface area contributed by atoms with Crippen LogP contribution in [0.15, 0.2) is 77.6 Å². The summed E-state index contributed by atoms with van der Waals surface area (Å²) < 4.78 is 13.2. The second-order valence-corrected chi connectivity index (χ2v) is 8.97. The third kappa shape index (κ3) is 6.77. The normalized spacial score (nSPS) is 11.8. The molecular weight excluding hydrogens is 482 g/mol. The van der Waals surface area contributed by atoms with Crippen molar-refractivity contribution in [3.05, 3.63) is 100 Å². The van der Waals surface area contributed by atoms with Crippen LogP contribution >= 0.6 is 0 Å². The van der Waals surface area contributed by atoms with Gasteiger partial charge in [0, 0.05) is 33.0 Å². The number of nitrogens with one attached hydrogen (secondary N) is 1. The van der Waals surface area contributed by atoms with Crippen LogP contribution in [0.1, 0.15) is 23.9 Å². The first-order valence-corrected chi connectivity index (χ1v) is 12.8. The Morgan fingerprint density at radius 2 is 1.76 bits per heavy atom. The largest absolute Gasteiger partial charge is 0.508 e. The van der Waals surface area contributed by atoms with Crippen molar-refractivity contribution in [3.63, 3.8) is 0 Å². The number of ether oxygens (including phenoxy) is 2. The Kier molecular flexibility index (Phi) is 9.11. The number of phenols is 1. The first-order chi connectivity index (χ1) is 18.5. The van der Waals surface area contributed by atoms with Crippen LogP contribution in [0.5, 0.6) is 11.5 Å². The van der Waals surface area contributed by atoms with Gasteiger partial charge < -0.3 is 19.9 Å². The Labute approximate surface area is 221 Å². The number of rotatable bonds is 12. The highest BCUT2D eigenvalue weighted by Crippen LogP contribution is 2.17. The highest BCUT2D eigenvalue weighted by molar-refractivity contribution is 5.81. The molecule has 1 heterocycles. The second-order valence-electron chi connectivity index (χ2n) is 8.97. The number of aromatic hydroxyl groups is 1. The van der Waals surface area contributed by atoms with E-state index in [9.17, 15) is 14.7 Å². The zero-order valence-corrected chi connectivity index (χ0v) is 21.7. The molecule has 0 aliphatic carbocycles. The van der Waals surface area contributed by atoms with Crippen molar-refractivity contribution >= 4 is 16.8 Å². The number of hydrogen-bond donors (Lipinski definition) is 2. The molecule has 0 aliphatic heterocycles. The molecule has 1 amide bonds. The van der Waals surface area contributed by atoms with E-state index in [0.717, 1.165) is 11.1 Å². The average molecular weight is 516 g/mol. The van der Waals surface area contributed by atoms with Crippen molar-refractivity contribution in [1.29, 1.82) is 0 Å². The summed E-state index contributed by atoms with van der Waals surface area (Å²) in [6.07, 6.45) is 0.841. The van der Waals surface area contributed by atoms with Crippen LogP contribution in [-0.4, -0.2) is 46.4 Å². The van der Waals surface area contributed by atoms with E-state index in [1.807, 2.05) is 61.5 Å². The van der Waals surface area contributed by atoms with E-state index < -0.39 is 6.10 Å². The van der Waals surface area contributed by atoms with E-state index in [0.29, 0.717) is 61.5 Å². The minimum absolute atomic E-state index is 0.0685. The zero-order valence-electron chi connectivity index (χ0n) is 21.7. The van der Waals surface area contributed by atoms with Crippen molar-refractivity contribution in [2.75, 3.05) is 19.8 Å². The molecule has 1 aromatic heterocycles. The van der Waals surface area contributed by atoms with E-state index in [2.05, 4.69) is 10.3 Å². The van der Waals surface area contributed by atoms with Gasteiger partial charge in [0.2, 0.25) is 5.91 Å². The van der Waals surface area contributed by atoms with E-state index in [4.69, 9.17) is 9.47 Å². The number of amides is 1. The molecule has 38 heavy (non-hydrogen) atoms. The lowest BCUT2D eigenvalue weighted by Gasteiger charge is -2.17. The summed E-state index contributed by atoms with van der Waals surface area (Å²) in [5.74, 6) is 1.40. The van der Waals surface area contributed by atoms with Crippen LogP contribution in [0.2, 0.25) is 0 Å². The van der Waals surface area contributed by atoms with Crippen molar-refractivity contribution in [2.24, 2.45) is 7.05 Å². The lowest BCUT2D eigenvalue weighted by Crippen LogP contribution is -2.38. The standard InChI is InChI=1S/C30H33N3O5/c1-3-37-27(29(35)31-18-16-22-8-4-7-11-26(22)34)20-21-12-14-23(15-13-21)38-19-17-28-32-25-10-6-5-9-24(25)30(36)33(28)2/h4-15,27,34H,3,16-20H2,1-2H3,(H,31,35). The van der Waals surface area contributed by atoms with Crippen LogP contribution in [0, 0.1) is 0 Å². The van der Waals surface area contributed by atoms with E-state index in [1.54, 1.807) is 29.8 Å². The molecule has 4 rings (SSSR count). The number of para-hydroxylation sites is 2. The van der Waals surface area contributed by atoms with Gasteiger partial charge in [-0.1, -0.05) is 42.5 Å². The Balaban J connectivity index is 1.29. The van der Waals surface area contributed by atoms with Gasteiger partial charge in [-0.25, -0.2) is 4.98 Å². The smallest absolute Gasteiger partial charge is 0.261 e. The van der Waals surface area contributed by atoms with Gasteiger partial charge in [0.05, 0.1) is 17.5 Å². The molecule has 1 atom stereocenters. The summed E-state index contributed by atoms with van der Waals surface area (Å²) in [5.41, 5.74) is 2.35. The second kappa shape index (κ2) is 12.9. The van der Waals surface area contributed by atoms with Gasteiger partial charge in [-0.2, -0.15) is 0 Å². The maximum absolute atomic E-state index is 12.7. The maximum Gasteiger partial charge on any atom is 0.261 e. The van der Waals surface area contributed by atoms with Gasteiger partial charge in [0.1, 0.15) is 23.4 Å². The van der Waals surface area contributed by atoms with Gasteiger partial charge in [0.15, 0.2) is 0 Å². The van der Waals surface area contributed by atoms with Gasteiger partial charge in [-0.05, 0) is 54.8 Å². The number of fused-ring (bicyclic) bond motifs is 1. The molecule has 4 aromatic rings. The fraction of sp³-hybridized carbons (Fsp3) is 0.300. The lowest BCUT2D eigenvalue weighted by molar-refractivity contribution is -0.132. The van der Waals surface area contributed by atoms with Crippen molar-refractivity contribution in [2.45, 2.75) is 32.3 Å². The van der Waals surface area contributed by atoms with Gasteiger partial charge in [-0.3, -0.25) is 14.2 Å². The average Bonchev–Trinajstić information content (AvgIpc) is 2.93. The lowest BCUT2D eigenvalue weighted by atomic mass is 10.1. The molecule has 0 aliphatic rings. The molecule has 0 radical (unpaired) electrons. The minimum Gasteiger partial charge on any atom is -0.508 e. The van der Waals surface area contributed by atoms with Crippen LogP contribution < -0.4 is 15.6 Å². The summed E-state index contributed by atoms with van der Waals surface area (Å²) in [7, 11) is 1.72. The van der Waals surface area contributed by atoms with E-state index in [-0.39, 0.29) is 17.2 Å². The molecule has 1 unspecified atom stereocenters. The fourth-order valence-corrected chi connectivity index (χ4v) is 4.27. The Morgan fingerprint density at radius 1 is 1.03 bits per heavy atom. The minimum atomic E-state index is -0.614. The quantitative estimate of drug-likeness (QED) is 0.299. The zero-order chi connectivity index (χ0) is 26.9. The monoisotopic (exact) mass is 515 g/mol. The summed E-state index contributed by atoms with van der Waals surface area (Å²) in [4.78, 5) is 29.9. The number of hydrogen-bond acceptors (Lipinski definition) is 6. The highest BCUT2D eigenvalue weighted by atomic mass is 16.5. The van der Waals surface area contributed by atoms with Gasteiger partial charge >= 0.3 is 0 Å². The van der Waals surface area contributed by atoms with Crippen molar-refractivity contribution < 1.29 is 19.4 Å². The molecule has 198 valence electrons. The van der Waals surface area contributed by atoms with Crippen molar-refractivity contribution in [3.8, 4) is 11.5 Å². The van der Waals surface area contributed by atoms with E-state index >= 15 is 0 Å². The molecule has 0 bridgehead atoms. The summed E-state index contributed by atoms with van der Waals surface area (Å²) >= 11 is 0. The predicted octanol–water partition coefficient (Wildman–Crippen LogP) is 3.57. The summed E-state index contributed by atoms with van der Waals surface area (Å²) in [6.45, 7) is 3.06. The van der Waals surface area contributed by atoms with Crippen LogP contribution in [0.25, 0.3) is 10.9 Å². The third-order valence-corrected chi connectivity index (χ3v) is 6.36. The van der Waals surface area contributed by atoms with Crippen molar-refractivity contribution in [1.82, 2.24) is 14.9 Å². The maximum atomic E-state index is 12.7. The molecule has 0 fully saturated rings. The summed E-state index contributed by atoms with van der Waals surface area (Å²) in [5, 5.41) is 13.4. The number of carbonyl (C=O) groups is 1. The molecule has 0 spiro atoms. The molecule has 0 saturated carbocycles. The number of benzene rings is 3. The molecule has 8 nitrogen and oxygen atoms in total. The number of phenolic OH excluding ortho intramolecular Hbond substituents is 1. The Hall–Kier alpha value is -4.17. The van der Waals surface area contributed by atoms with Crippen LogP contribution in [0.4, 0.5) is 0 Å². The molecule has 2 N–H and O–H groups in total. The topological polar surface area (TPSA) is 103 Å². The summed E-state index contributed by atoms with van der Waals surface area (Å²) in [6, 6.07) is 22.0. The van der Waals surface area contributed by atoms with Gasteiger partial charge in [-0.15, -0.1) is 0 Å². The molecule has 8 heteroatoms. The number of carbonyl (C=O) groups excluding carboxylic acids is 1. The first-order valence-electron chi connectivity index (χ1n) is 12.8.